The number of nitrogens with one attached hydrogen (secondary N) is 2. The monoisotopic (exact) mass is 633 g/mol. The number of carbonyl (C=O) groups is 1. The van der Waals surface area contributed by atoms with E-state index in [9.17, 15) is 18.1 Å². The number of hydrogen-bond acceptors (Lipinski definition) is 4. The fourth-order valence-corrected chi connectivity index (χ4v) is 6.96. The van der Waals surface area contributed by atoms with Gasteiger partial charge in [-0.15, -0.1) is 0 Å². The number of amides is 1. The largest absolute Gasteiger partial charge is 1.00 e. The number of nitrogens with zero attached hydrogens (tertiary/aromatic N) is 1. The van der Waals surface area contributed by atoms with Crippen LogP contribution in [0.1, 0.15) is 25.0 Å². The Morgan fingerprint density at radius 3 is 1.88 bits per heavy atom. The molecular weight excluding hydrogens is 599 g/mol. The van der Waals surface area contributed by atoms with Crippen molar-refractivity contribution in [2.75, 3.05) is 38.0 Å². The summed E-state index contributed by atoms with van der Waals surface area (Å²) in [5, 5.41) is 6.16. The van der Waals surface area contributed by atoms with Gasteiger partial charge in [0.25, 0.3) is 11.7 Å². The van der Waals surface area contributed by atoms with Crippen molar-refractivity contribution in [1.82, 2.24) is 5.09 Å². The number of rotatable bonds is 13. The minimum absolute atomic E-state index is 0. The number of benzene rings is 3. The van der Waals surface area contributed by atoms with Crippen LogP contribution in [0.4, 0.5) is 14.5 Å². The highest BCUT2D eigenvalue weighted by atomic mass is 35.5. The van der Waals surface area contributed by atoms with Crippen LogP contribution in [0, 0.1) is 0 Å². The van der Waals surface area contributed by atoms with Gasteiger partial charge in [-0.05, 0) is 38.1 Å². The van der Waals surface area contributed by atoms with Gasteiger partial charge in [-0.3, -0.25) is 14.4 Å². The molecule has 0 saturated carbocycles. The number of quaternary nitrogens is 1. The lowest BCUT2D eigenvalue weighted by molar-refractivity contribution is -0.916. The number of anilines is 1. The Bertz CT molecular complexity index is 1360. The fraction of sp³-hybridized carbons (Fsp3) is 0.258. The maximum atomic E-state index is 14.1. The molecule has 0 saturated heterocycles. The van der Waals surface area contributed by atoms with Crippen LogP contribution in [-0.4, -0.2) is 48.9 Å². The highest BCUT2D eigenvalue weighted by molar-refractivity contribution is 7.99. The molecule has 3 aromatic carbocycles. The molecule has 0 radical (unpaired) electrons. The van der Waals surface area contributed by atoms with Crippen molar-refractivity contribution in [3.63, 3.8) is 0 Å². The van der Waals surface area contributed by atoms with Crippen LogP contribution < -0.4 is 22.8 Å². The summed E-state index contributed by atoms with van der Waals surface area (Å²) in [6.07, 6.45) is 0. The summed E-state index contributed by atoms with van der Waals surface area (Å²) in [7, 11) is -3.13. The maximum absolute atomic E-state index is 14.1. The van der Waals surface area contributed by atoms with Crippen LogP contribution in [0.15, 0.2) is 101 Å². The quantitative estimate of drug-likeness (QED) is 0.162. The van der Waals surface area contributed by atoms with Gasteiger partial charge in [0.15, 0.2) is 13.8 Å². The SMILES string of the molecule is CC[N+](CC)(CCNP1(=O)C=C(c2ccccc2)OC(c2ccccc2)=C1)CC(=O)Nc1ccc(SC(F)F)cc1.[Cl-]. The summed E-state index contributed by atoms with van der Waals surface area (Å²) in [6.45, 7) is 6.71. The second-order valence-corrected chi connectivity index (χ2v) is 13.1. The summed E-state index contributed by atoms with van der Waals surface area (Å²) in [6, 6.07) is 25.6. The Morgan fingerprint density at radius 2 is 1.40 bits per heavy atom. The third kappa shape index (κ3) is 9.28. The number of halogens is 3. The molecule has 1 amide bonds. The summed E-state index contributed by atoms with van der Waals surface area (Å²) in [4.78, 5) is 13.4. The van der Waals surface area contributed by atoms with Crippen molar-refractivity contribution in [2.24, 2.45) is 0 Å². The van der Waals surface area contributed by atoms with Crippen molar-refractivity contribution in [3.8, 4) is 0 Å². The molecule has 1 aliphatic rings. The highest BCUT2D eigenvalue weighted by Gasteiger charge is 2.30. The topological polar surface area (TPSA) is 67.4 Å². The molecule has 42 heavy (non-hydrogen) atoms. The summed E-state index contributed by atoms with van der Waals surface area (Å²) in [5.41, 5.74) is 2.22. The van der Waals surface area contributed by atoms with Gasteiger partial charge in [0.2, 0.25) is 0 Å². The molecule has 0 fully saturated rings. The highest BCUT2D eigenvalue weighted by Crippen LogP contribution is 2.53. The average Bonchev–Trinajstić information content (AvgIpc) is 2.98. The first-order valence-electron chi connectivity index (χ1n) is 13.5. The summed E-state index contributed by atoms with van der Waals surface area (Å²) in [5.74, 6) is 1.75. The van der Waals surface area contributed by atoms with E-state index in [1.54, 1.807) is 35.9 Å². The van der Waals surface area contributed by atoms with E-state index in [4.69, 9.17) is 4.74 Å². The van der Waals surface area contributed by atoms with E-state index in [0.717, 1.165) is 11.1 Å². The molecule has 2 N–H and O–H groups in total. The number of alkyl halides is 2. The van der Waals surface area contributed by atoms with Crippen LogP contribution in [0.25, 0.3) is 11.5 Å². The van der Waals surface area contributed by atoms with Gasteiger partial charge in [0.1, 0.15) is 11.5 Å². The number of likely N-dealkylation sites (N-methyl/N-ethyl adjacent to an activating group) is 1. The smallest absolute Gasteiger partial charge is 0.288 e. The molecule has 1 aliphatic heterocycles. The van der Waals surface area contributed by atoms with Crippen LogP contribution in [0.5, 0.6) is 0 Å². The Labute approximate surface area is 256 Å². The van der Waals surface area contributed by atoms with Crippen molar-refractivity contribution >= 4 is 42.2 Å². The Morgan fingerprint density at radius 1 is 0.881 bits per heavy atom. The van der Waals surface area contributed by atoms with E-state index in [0.29, 0.717) is 64.5 Å². The first-order chi connectivity index (χ1) is 19.7. The second-order valence-electron chi connectivity index (χ2n) is 9.75. The molecule has 6 nitrogen and oxygen atoms in total. The molecule has 0 unspecified atom stereocenters. The van der Waals surface area contributed by atoms with Gasteiger partial charge in [0, 0.05) is 33.3 Å². The standard InChI is InChI=1S/C31H34F2N3O3PS.ClH/c1-3-36(4-2,21-30(37)35-26-15-17-27(18-16-26)41-31(32)33)20-19-34-40(38)22-28(24-11-7-5-8-12-24)39-29(23-40)25-13-9-6-10-14-25;/h5-18,22-23,31H,3-4,19-21H2,1-2H3,(H-,34,35,37,38);1H. The normalized spacial score (nSPS) is 14.3. The molecule has 0 aliphatic carbocycles. The molecular formula is C31H35ClF2N3O3PS. The summed E-state index contributed by atoms with van der Waals surface area (Å²) >= 11 is 0.466. The van der Waals surface area contributed by atoms with Crippen LogP contribution >= 0.6 is 19.1 Å². The van der Waals surface area contributed by atoms with E-state index >= 15 is 0 Å². The predicted octanol–water partition coefficient (Wildman–Crippen LogP) is 4.70. The zero-order valence-electron chi connectivity index (χ0n) is 23.5. The minimum Gasteiger partial charge on any atom is -1.00 e. The minimum atomic E-state index is -3.13. The van der Waals surface area contributed by atoms with Crippen molar-refractivity contribution in [1.29, 1.82) is 0 Å². The fourth-order valence-electron chi connectivity index (χ4n) is 4.65. The Balaban J connectivity index is 0.00000484. The number of thioether (sulfide) groups is 1. The van der Waals surface area contributed by atoms with E-state index in [1.165, 1.54) is 0 Å². The molecule has 0 atom stereocenters. The van der Waals surface area contributed by atoms with Gasteiger partial charge in [-0.2, -0.15) is 8.78 Å². The number of hydrogen-bond donors (Lipinski definition) is 2. The van der Waals surface area contributed by atoms with Gasteiger partial charge in [0.05, 0.1) is 26.2 Å². The third-order valence-electron chi connectivity index (χ3n) is 7.08. The van der Waals surface area contributed by atoms with E-state index in [2.05, 4.69) is 10.4 Å². The van der Waals surface area contributed by atoms with E-state index < -0.39 is 13.1 Å². The maximum Gasteiger partial charge on any atom is 0.288 e. The first kappa shape index (κ1) is 33.6. The third-order valence-corrected chi connectivity index (χ3v) is 9.76. The van der Waals surface area contributed by atoms with Crippen molar-refractivity contribution < 1.29 is 39.8 Å². The zero-order chi connectivity index (χ0) is 29.3. The number of carbonyl (C=O) groups excluding carboxylic acids is 1. The molecule has 3 aromatic rings. The lowest BCUT2D eigenvalue weighted by Crippen LogP contribution is -3.00. The molecule has 11 heteroatoms. The molecule has 0 bridgehead atoms. The lowest BCUT2D eigenvalue weighted by Gasteiger charge is -2.36. The predicted molar refractivity (Wildman–Crippen MR) is 164 cm³/mol. The second kappa shape index (κ2) is 15.5. The van der Waals surface area contributed by atoms with Crippen LogP contribution in [0.3, 0.4) is 0 Å². The van der Waals surface area contributed by atoms with Gasteiger partial charge in [-0.1, -0.05) is 72.4 Å². The van der Waals surface area contributed by atoms with Crippen LogP contribution in [0.2, 0.25) is 0 Å². The molecule has 1 heterocycles. The van der Waals surface area contributed by atoms with Crippen molar-refractivity contribution in [2.45, 2.75) is 24.5 Å². The van der Waals surface area contributed by atoms with Crippen molar-refractivity contribution in [3.05, 3.63) is 108 Å². The molecule has 4 rings (SSSR count). The molecule has 0 spiro atoms. The molecule has 224 valence electrons. The Kier molecular flexibility index (Phi) is 12.4. The van der Waals surface area contributed by atoms with E-state index in [1.807, 2.05) is 74.5 Å². The average molecular weight is 634 g/mol. The van der Waals surface area contributed by atoms with Gasteiger partial charge >= 0.3 is 0 Å². The first-order valence-corrected chi connectivity index (χ1v) is 16.2. The zero-order valence-corrected chi connectivity index (χ0v) is 26.0. The number of ether oxygens (including phenoxy) is 1. The van der Waals surface area contributed by atoms with E-state index in [-0.39, 0.29) is 24.9 Å². The lowest BCUT2D eigenvalue weighted by atomic mass is 10.2. The molecule has 0 aromatic heterocycles. The van der Waals surface area contributed by atoms with Gasteiger partial charge < -0.3 is 26.9 Å². The Hall–Kier alpha value is -2.94. The van der Waals surface area contributed by atoms with Crippen LogP contribution in [-0.2, 0) is 14.1 Å². The summed E-state index contributed by atoms with van der Waals surface area (Å²) < 4.78 is 46.0. The van der Waals surface area contributed by atoms with Gasteiger partial charge in [-0.25, -0.2) is 0 Å².